The average Bonchev–Trinajstić information content (AvgIpc) is 1.92. The van der Waals surface area contributed by atoms with E-state index in [2.05, 4.69) is 32.9 Å². The van der Waals surface area contributed by atoms with Crippen LogP contribution < -0.4 is 0 Å². The summed E-state index contributed by atoms with van der Waals surface area (Å²) in [5.41, 5.74) is 1.72. The average molecular weight is 266 g/mol. The van der Waals surface area contributed by atoms with Gasteiger partial charge in [-0.05, 0) is 17.4 Å². The Balaban J connectivity index is 0.000000494. The Hall–Kier alpha value is -1.07. The number of hydrogen-bond acceptors (Lipinski definition) is 0. The second kappa shape index (κ2) is 6.20. The monoisotopic (exact) mass is 266 g/mol. The largest absolute Gasteiger partial charge is 0.673 e. The molecule has 1 rings (SSSR count). The van der Waals surface area contributed by atoms with E-state index in [1.807, 2.05) is 13.8 Å². The summed E-state index contributed by atoms with van der Waals surface area (Å²) in [5, 5.41) is 0. The standard InChI is InChI=1S/C12H19O.BF4/c1-9-6-11(7-10(2)13-9)8-12(3,4)5;2-1(3,4)5/h6-7H,8H2,1-5H3;/q+1;-1. The van der Waals surface area contributed by atoms with E-state index >= 15 is 0 Å². The minimum absolute atomic E-state index is 0.347. The van der Waals surface area contributed by atoms with Gasteiger partial charge in [-0.25, -0.2) is 4.42 Å². The molecular weight excluding hydrogens is 247 g/mol. The Morgan fingerprint density at radius 3 is 1.61 bits per heavy atom. The first kappa shape index (κ1) is 16.9. The van der Waals surface area contributed by atoms with Crippen LogP contribution in [0.5, 0.6) is 0 Å². The summed E-state index contributed by atoms with van der Waals surface area (Å²) in [4.78, 5) is 0. The molecule has 0 aliphatic carbocycles. The summed E-state index contributed by atoms with van der Waals surface area (Å²) in [5.74, 6) is 2.00. The minimum atomic E-state index is -6.00. The van der Waals surface area contributed by atoms with E-state index in [0.29, 0.717) is 5.41 Å². The molecule has 104 valence electrons. The quantitative estimate of drug-likeness (QED) is 0.392. The lowest BCUT2D eigenvalue weighted by Gasteiger charge is -2.17. The number of aryl methyl sites for hydroxylation is 2. The van der Waals surface area contributed by atoms with Crippen molar-refractivity contribution in [1.29, 1.82) is 0 Å². The Kier molecular flexibility index (Phi) is 5.84. The molecule has 1 nitrogen and oxygen atoms in total. The van der Waals surface area contributed by atoms with Gasteiger partial charge >= 0.3 is 18.8 Å². The summed E-state index contributed by atoms with van der Waals surface area (Å²) in [7, 11) is -6.00. The third-order valence-electron chi connectivity index (χ3n) is 1.83. The zero-order valence-corrected chi connectivity index (χ0v) is 11.4. The van der Waals surface area contributed by atoms with Crippen molar-refractivity contribution in [2.45, 2.75) is 41.0 Å². The maximum absolute atomic E-state index is 9.75. The molecule has 0 unspecified atom stereocenters. The predicted molar refractivity (Wildman–Crippen MR) is 65.9 cm³/mol. The van der Waals surface area contributed by atoms with E-state index in [4.69, 9.17) is 4.42 Å². The van der Waals surface area contributed by atoms with Gasteiger partial charge in [0.2, 0.25) is 0 Å². The molecule has 0 fully saturated rings. The molecule has 0 bridgehead atoms. The molecule has 0 saturated heterocycles. The lowest BCUT2D eigenvalue weighted by atomic mass is 9.88. The third kappa shape index (κ3) is 11.4. The highest BCUT2D eigenvalue weighted by atomic mass is 19.5. The number of halogens is 4. The van der Waals surface area contributed by atoms with Crippen molar-refractivity contribution in [1.82, 2.24) is 0 Å². The van der Waals surface area contributed by atoms with Gasteiger partial charge in [-0.1, -0.05) is 20.8 Å². The molecule has 0 aromatic carbocycles. The van der Waals surface area contributed by atoms with Gasteiger partial charge in [0, 0.05) is 12.1 Å². The molecule has 1 aromatic heterocycles. The van der Waals surface area contributed by atoms with Crippen LogP contribution in [0.3, 0.4) is 0 Å². The van der Waals surface area contributed by atoms with Crippen molar-refractivity contribution in [3.05, 3.63) is 29.2 Å². The molecule has 6 heteroatoms. The Morgan fingerprint density at radius 2 is 1.33 bits per heavy atom. The lowest BCUT2D eigenvalue weighted by molar-refractivity contribution is 0.368. The molecule has 0 aliphatic heterocycles. The summed E-state index contributed by atoms with van der Waals surface area (Å²) in [6, 6.07) is 4.25. The van der Waals surface area contributed by atoms with Gasteiger partial charge < -0.3 is 17.3 Å². The van der Waals surface area contributed by atoms with Crippen molar-refractivity contribution >= 4 is 7.25 Å². The van der Waals surface area contributed by atoms with Gasteiger partial charge in [-0.3, -0.25) is 0 Å². The van der Waals surface area contributed by atoms with E-state index < -0.39 is 7.25 Å². The maximum Gasteiger partial charge on any atom is 0.673 e. The van der Waals surface area contributed by atoms with Crippen molar-refractivity contribution in [3.63, 3.8) is 0 Å². The molecule has 0 radical (unpaired) electrons. The van der Waals surface area contributed by atoms with E-state index in [0.717, 1.165) is 17.9 Å². The fourth-order valence-electron chi connectivity index (χ4n) is 1.59. The third-order valence-corrected chi connectivity index (χ3v) is 1.83. The fourth-order valence-corrected chi connectivity index (χ4v) is 1.59. The van der Waals surface area contributed by atoms with E-state index in [9.17, 15) is 17.3 Å². The van der Waals surface area contributed by atoms with Crippen molar-refractivity contribution in [3.8, 4) is 0 Å². The van der Waals surface area contributed by atoms with Crippen molar-refractivity contribution in [2.75, 3.05) is 0 Å². The molecular formula is C12H19BF4O. The van der Waals surface area contributed by atoms with Gasteiger partial charge in [-0.15, -0.1) is 0 Å². The molecule has 0 aliphatic rings. The predicted octanol–water partition coefficient (Wildman–Crippen LogP) is 5.07. The highest BCUT2D eigenvalue weighted by Gasteiger charge is 2.20. The van der Waals surface area contributed by atoms with Crippen LogP contribution in [-0.2, 0) is 6.42 Å². The first-order valence-corrected chi connectivity index (χ1v) is 5.64. The number of hydrogen-bond donors (Lipinski definition) is 0. The van der Waals surface area contributed by atoms with Crippen LogP contribution in [0.1, 0.15) is 37.9 Å². The van der Waals surface area contributed by atoms with E-state index in [-0.39, 0.29) is 0 Å². The Morgan fingerprint density at radius 1 is 1.00 bits per heavy atom. The van der Waals surface area contributed by atoms with Crippen LogP contribution in [-0.4, -0.2) is 7.25 Å². The summed E-state index contributed by atoms with van der Waals surface area (Å²) in [6.07, 6.45) is 1.10. The van der Waals surface area contributed by atoms with Gasteiger partial charge in [-0.2, -0.15) is 0 Å². The Labute approximate surface area is 105 Å². The highest BCUT2D eigenvalue weighted by Crippen LogP contribution is 2.21. The molecule has 1 aromatic rings. The number of rotatable bonds is 1. The SMILES string of the molecule is Cc1cc(CC(C)(C)C)cc(C)[o+]1.F[B-](F)(F)F. The van der Waals surface area contributed by atoms with Gasteiger partial charge in [0.25, 0.3) is 0 Å². The van der Waals surface area contributed by atoms with Crippen LogP contribution in [0, 0.1) is 19.3 Å². The molecule has 0 spiro atoms. The van der Waals surface area contributed by atoms with Gasteiger partial charge in [0.1, 0.15) is 0 Å². The van der Waals surface area contributed by atoms with Gasteiger partial charge in [0.05, 0.1) is 13.8 Å². The van der Waals surface area contributed by atoms with E-state index in [1.165, 1.54) is 5.56 Å². The Bertz CT molecular complexity index is 356. The topological polar surface area (TPSA) is 11.3 Å². The zero-order chi connectivity index (χ0) is 14.6. The molecule has 1 heterocycles. The van der Waals surface area contributed by atoms with Crippen molar-refractivity contribution < 1.29 is 21.7 Å². The van der Waals surface area contributed by atoms with Crippen LogP contribution >= 0.6 is 0 Å². The van der Waals surface area contributed by atoms with Crippen molar-refractivity contribution in [2.24, 2.45) is 5.41 Å². The molecule has 0 saturated carbocycles. The van der Waals surface area contributed by atoms with Crippen LogP contribution in [0.15, 0.2) is 16.5 Å². The minimum Gasteiger partial charge on any atom is -0.418 e. The summed E-state index contributed by atoms with van der Waals surface area (Å²) in [6.45, 7) is 10.8. The normalized spacial score (nSPS) is 11.8. The molecule has 0 N–H and O–H groups in total. The second-order valence-electron chi connectivity index (χ2n) is 5.42. The zero-order valence-electron chi connectivity index (χ0n) is 11.4. The van der Waals surface area contributed by atoms with Crippen LogP contribution in [0.4, 0.5) is 17.3 Å². The van der Waals surface area contributed by atoms with Crippen LogP contribution in [0.25, 0.3) is 0 Å². The first-order valence-electron chi connectivity index (χ1n) is 5.64. The molecule has 0 amide bonds. The van der Waals surface area contributed by atoms with Gasteiger partial charge in [0.15, 0.2) is 0 Å². The van der Waals surface area contributed by atoms with Crippen LogP contribution in [0.2, 0.25) is 0 Å². The summed E-state index contributed by atoms with van der Waals surface area (Å²) < 4.78 is 44.4. The smallest absolute Gasteiger partial charge is 0.418 e. The second-order valence-corrected chi connectivity index (χ2v) is 5.42. The highest BCUT2D eigenvalue weighted by molar-refractivity contribution is 6.50. The summed E-state index contributed by atoms with van der Waals surface area (Å²) >= 11 is 0. The molecule has 0 atom stereocenters. The lowest BCUT2D eigenvalue weighted by Crippen LogP contribution is -2.09. The first-order chi connectivity index (χ1) is 7.87. The fraction of sp³-hybridized carbons (Fsp3) is 0.583. The van der Waals surface area contributed by atoms with E-state index in [1.54, 1.807) is 0 Å². The maximum atomic E-state index is 9.75. The molecule has 18 heavy (non-hydrogen) atoms.